The van der Waals surface area contributed by atoms with Gasteiger partial charge in [0, 0.05) is 0 Å². The Morgan fingerprint density at radius 3 is 1.12 bits per heavy atom. The third-order valence-electron chi connectivity index (χ3n) is 3.19. The van der Waals surface area contributed by atoms with Crippen molar-refractivity contribution in [1.82, 2.24) is 0 Å². The summed E-state index contributed by atoms with van der Waals surface area (Å²) in [6.45, 7) is 15.1. The van der Waals surface area contributed by atoms with Crippen LogP contribution in [0.15, 0.2) is 34.4 Å². The predicted octanol–water partition coefficient (Wildman–Crippen LogP) is 6.27. The van der Waals surface area contributed by atoms with E-state index in [4.69, 9.17) is 0 Å². The fourth-order valence-corrected chi connectivity index (χ4v) is 1.96. The van der Waals surface area contributed by atoms with Gasteiger partial charge in [0.1, 0.15) is 0 Å². The van der Waals surface area contributed by atoms with Crippen molar-refractivity contribution in [3.63, 3.8) is 0 Å². The molecule has 0 amide bonds. The third kappa shape index (κ3) is 14.9. The molecule has 0 aromatic rings. The molecule has 2 aliphatic rings. The van der Waals surface area contributed by atoms with Gasteiger partial charge in [-0.05, 0) is 0 Å². The molecule has 0 saturated heterocycles. The predicted molar refractivity (Wildman–Crippen MR) is 116 cm³/mol. The molecular weight excluding hydrogens is 430 g/mol. The van der Waals surface area contributed by atoms with E-state index < -0.39 is 0 Å². The number of hydrogen-bond donors (Lipinski definition) is 0. The molecule has 0 fully saturated rings. The van der Waals surface area contributed by atoms with Crippen molar-refractivity contribution in [2.75, 3.05) is 0 Å². The topological polar surface area (TPSA) is 0 Å². The summed E-state index contributed by atoms with van der Waals surface area (Å²) in [6, 6.07) is 0. The van der Waals surface area contributed by atoms with E-state index in [2.05, 4.69) is 65.8 Å². The molecule has 4 heteroatoms. The first-order valence-electron chi connectivity index (χ1n) is 7.31. The quantitative estimate of drug-likeness (QED) is 0.332. The van der Waals surface area contributed by atoms with Crippen LogP contribution in [-0.4, -0.2) is 6.88 Å². The second-order valence-corrected chi connectivity index (χ2v) is 5.91. The zero-order chi connectivity index (χ0) is 15.7. The van der Waals surface area contributed by atoms with E-state index in [-0.39, 0.29) is 39.7 Å². The van der Waals surface area contributed by atoms with Gasteiger partial charge in [-0.1, -0.05) is 53.4 Å². The second kappa shape index (κ2) is 20.0. The molecule has 142 valence electrons. The standard InChI is InChI=1S/2C9H13.2CH3.2ClH.H2Si.Zr/c2*1-7(2)9-5-4-8(3)6-9;;;;;;/h2*6-7H,4H2,1-3H3;2*1H3;2*1H;1H2;/q4*-1;;;;. The van der Waals surface area contributed by atoms with Crippen LogP contribution in [0.1, 0.15) is 54.4 Å². The monoisotopic (exact) mass is 464 g/mol. The zero-order valence-electron chi connectivity index (χ0n) is 16.7. The molecule has 0 bridgehead atoms. The summed E-state index contributed by atoms with van der Waals surface area (Å²) in [5, 5.41) is 0. The van der Waals surface area contributed by atoms with Crippen LogP contribution in [0.5, 0.6) is 0 Å². The number of rotatable bonds is 2. The van der Waals surface area contributed by atoms with Gasteiger partial charge in [-0.15, -0.1) is 37.7 Å². The van der Waals surface area contributed by atoms with Gasteiger partial charge in [-0.25, -0.2) is 23.3 Å². The first-order valence-corrected chi connectivity index (χ1v) is 13.2. The van der Waals surface area contributed by atoms with Gasteiger partial charge in [-0.2, -0.15) is 11.1 Å². The van der Waals surface area contributed by atoms with E-state index in [1.807, 2.05) is 6.88 Å². The number of allylic oxidation sites excluding steroid dienone is 8. The molecule has 0 aromatic heterocycles. The average Bonchev–Trinajstić information content (AvgIpc) is 3.01. The van der Waals surface area contributed by atoms with Gasteiger partial charge in [-0.3, -0.25) is 12.2 Å². The number of hydrogen-bond acceptors (Lipinski definition) is 0. The third-order valence-corrected chi connectivity index (χ3v) is 3.19. The Bertz CT molecular complexity index is 393. The molecule has 0 N–H and O–H groups in total. The van der Waals surface area contributed by atoms with Gasteiger partial charge < -0.3 is 14.9 Å². The van der Waals surface area contributed by atoms with E-state index in [9.17, 15) is 0 Å². The normalized spacial score (nSPS) is 13.8. The van der Waals surface area contributed by atoms with Gasteiger partial charge in [0.25, 0.3) is 0 Å². The van der Waals surface area contributed by atoms with Crippen molar-refractivity contribution in [2.45, 2.75) is 54.4 Å². The van der Waals surface area contributed by atoms with Crippen LogP contribution in [0, 0.1) is 38.8 Å². The fraction of sp³-hybridized carbons (Fsp3) is 0.500. The first kappa shape index (κ1) is 35.7. The fourth-order valence-electron chi connectivity index (χ4n) is 1.96. The molecule has 2 rings (SSSR count). The summed E-state index contributed by atoms with van der Waals surface area (Å²) in [7, 11) is 0. The second-order valence-electron chi connectivity index (χ2n) is 5.91. The van der Waals surface area contributed by atoms with Crippen LogP contribution in [0.4, 0.5) is 0 Å². The molecule has 0 spiro atoms. The van der Waals surface area contributed by atoms with Crippen molar-refractivity contribution in [3.05, 3.63) is 61.4 Å². The van der Waals surface area contributed by atoms with E-state index in [0.29, 0.717) is 11.8 Å². The van der Waals surface area contributed by atoms with Crippen molar-refractivity contribution < 1.29 is 23.3 Å². The molecule has 0 aliphatic heterocycles. The van der Waals surface area contributed by atoms with Crippen LogP contribution < -0.4 is 0 Å². The molecule has 24 heavy (non-hydrogen) atoms. The van der Waals surface area contributed by atoms with Crippen LogP contribution in [0.2, 0.25) is 0 Å². The van der Waals surface area contributed by atoms with E-state index >= 15 is 0 Å². The van der Waals surface area contributed by atoms with Gasteiger partial charge >= 0.3 is 30.2 Å². The molecule has 0 saturated carbocycles. The van der Waals surface area contributed by atoms with Crippen LogP contribution in [-0.2, 0) is 23.3 Å². The number of halogens is 2. The SMILES string of the molecule is CC1=CC(C(C)C)=[C-]C1.CC1=CC(C(C)C)=[C-]C1.Cl.Cl.[CH3-].[CH3-].[SiH2]=[Zr]. The van der Waals surface area contributed by atoms with Crippen LogP contribution in [0.25, 0.3) is 0 Å². The first-order chi connectivity index (χ1) is 9.40. The Labute approximate surface area is 181 Å². The minimum absolute atomic E-state index is 0. The summed E-state index contributed by atoms with van der Waals surface area (Å²) < 4.78 is 0. The molecule has 0 atom stereocenters. The summed E-state index contributed by atoms with van der Waals surface area (Å²) in [4.78, 5) is 0. The van der Waals surface area contributed by atoms with Crippen molar-refractivity contribution in [2.24, 2.45) is 11.8 Å². The Kier molecular flexibility index (Phi) is 29.7. The molecule has 2 aliphatic carbocycles. The summed E-state index contributed by atoms with van der Waals surface area (Å²) in [5.41, 5.74) is 5.65. The molecular formula is C20H36Cl2SiZr-4. The Morgan fingerprint density at radius 1 is 0.792 bits per heavy atom. The zero-order valence-corrected chi connectivity index (χ0v) is 22.3. The van der Waals surface area contributed by atoms with Crippen molar-refractivity contribution in [3.8, 4) is 0 Å². The maximum atomic E-state index is 3.33. The van der Waals surface area contributed by atoms with Crippen LogP contribution in [0.3, 0.4) is 0 Å². The van der Waals surface area contributed by atoms with E-state index in [1.165, 1.54) is 22.3 Å². The maximum absolute atomic E-state index is 3.33. The van der Waals surface area contributed by atoms with Gasteiger partial charge in [0.05, 0.1) is 0 Å². The molecule has 0 unspecified atom stereocenters. The van der Waals surface area contributed by atoms with Crippen molar-refractivity contribution in [1.29, 1.82) is 0 Å². The molecule has 0 heterocycles. The van der Waals surface area contributed by atoms with Crippen LogP contribution >= 0.6 is 24.8 Å². The molecule has 0 radical (unpaired) electrons. The van der Waals surface area contributed by atoms with E-state index in [0.717, 1.165) is 12.8 Å². The molecule has 0 aromatic carbocycles. The summed E-state index contributed by atoms with van der Waals surface area (Å²) >= 11 is 1.58. The minimum atomic E-state index is 0. The Balaban J connectivity index is -0.0000000789. The Morgan fingerprint density at radius 2 is 1.04 bits per heavy atom. The summed E-state index contributed by atoms with van der Waals surface area (Å²) in [6.07, 6.45) is 13.2. The van der Waals surface area contributed by atoms with Gasteiger partial charge in [0.2, 0.25) is 0 Å². The Hall–Kier alpha value is 0.640. The molecule has 0 nitrogen and oxygen atoms in total. The van der Waals surface area contributed by atoms with Gasteiger partial charge in [0.15, 0.2) is 0 Å². The summed E-state index contributed by atoms with van der Waals surface area (Å²) in [5.74, 6) is 1.31. The van der Waals surface area contributed by atoms with Crippen molar-refractivity contribution >= 4 is 31.7 Å². The average molecular weight is 467 g/mol. The van der Waals surface area contributed by atoms with E-state index in [1.54, 1.807) is 23.3 Å².